The lowest BCUT2D eigenvalue weighted by Gasteiger charge is -2.34. The first-order valence-corrected chi connectivity index (χ1v) is 7.85. The normalized spacial score (nSPS) is 22.2. The number of amides is 1. The summed E-state index contributed by atoms with van der Waals surface area (Å²) in [6.07, 6.45) is 6.31. The fourth-order valence-corrected chi connectivity index (χ4v) is 2.97. The van der Waals surface area contributed by atoms with E-state index in [0.29, 0.717) is 12.5 Å². The van der Waals surface area contributed by atoms with Crippen LogP contribution in [-0.4, -0.2) is 48.2 Å². The number of likely N-dealkylation sites (N-methyl/N-ethyl adjacent to an activating group) is 1. The summed E-state index contributed by atoms with van der Waals surface area (Å²) in [5, 5.41) is 12.1. The van der Waals surface area contributed by atoms with Crippen LogP contribution in [0.2, 0.25) is 0 Å². The highest BCUT2D eigenvalue weighted by Crippen LogP contribution is 2.17. The first-order chi connectivity index (χ1) is 9.22. The second-order valence-electron chi connectivity index (χ2n) is 5.55. The number of aliphatic hydroxyl groups excluding tert-OH is 1. The summed E-state index contributed by atoms with van der Waals surface area (Å²) in [6, 6.07) is 0.0650. The Morgan fingerprint density at radius 3 is 2.79 bits per heavy atom. The number of hydrogen-bond acceptors (Lipinski definition) is 3. The van der Waals surface area contributed by atoms with Crippen LogP contribution in [-0.2, 0) is 4.79 Å². The average molecular weight is 270 g/mol. The second kappa shape index (κ2) is 9.32. The zero-order valence-electron chi connectivity index (χ0n) is 12.5. The lowest BCUT2D eigenvalue weighted by atomic mass is 9.98. The largest absolute Gasteiger partial charge is 0.396 e. The number of nitrogens with zero attached hydrogens (tertiary/aromatic N) is 1. The Bertz CT molecular complexity index is 253. The molecule has 0 aromatic rings. The zero-order valence-corrected chi connectivity index (χ0v) is 12.5. The fraction of sp³-hybridized carbons (Fsp3) is 0.933. The maximum Gasteiger partial charge on any atom is 0.237 e. The number of carbonyl (C=O) groups is 1. The number of carbonyl (C=O) groups excluding carboxylic acids is 1. The summed E-state index contributed by atoms with van der Waals surface area (Å²) in [5.41, 5.74) is 0. The van der Waals surface area contributed by atoms with E-state index in [9.17, 15) is 4.79 Å². The molecular formula is C15H30N2O2. The highest BCUT2D eigenvalue weighted by molar-refractivity contribution is 5.81. The third-order valence-corrected chi connectivity index (χ3v) is 4.12. The van der Waals surface area contributed by atoms with Gasteiger partial charge in [-0.15, -0.1) is 0 Å². The number of rotatable bonds is 8. The first kappa shape index (κ1) is 16.4. The van der Waals surface area contributed by atoms with Gasteiger partial charge in [0.1, 0.15) is 0 Å². The van der Waals surface area contributed by atoms with E-state index in [1.165, 1.54) is 6.42 Å². The van der Waals surface area contributed by atoms with Crippen LogP contribution >= 0.6 is 0 Å². The summed E-state index contributed by atoms with van der Waals surface area (Å²) in [6.45, 7) is 7.19. The number of likely N-dealkylation sites (tertiary alicyclic amines) is 1. The molecule has 0 saturated carbocycles. The Morgan fingerprint density at radius 2 is 2.16 bits per heavy atom. The SMILES string of the molecule is CCCC(CCO)CNC(=O)C1CCCCN1CC. The Morgan fingerprint density at radius 1 is 1.37 bits per heavy atom. The summed E-state index contributed by atoms with van der Waals surface area (Å²) >= 11 is 0. The Labute approximate surface area is 117 Å². The molecule has 1 heterocycles. The van der Waals surface area contributed by atoms with Crippen LogP contribution < -0.4 is 5.32 Å². The number of piperidine rings is 1. The molecule has 1 aliphatic rings. The van der Waals surface area contributed by atoms with Gasteiger partial charge in [-0.1, -0.05) is 26.7 Å². The van der Waals surface area contributed by atoms with Crippen molar-refractivity contribution < 1.29 is 9.90 Å². The van der Waals surface area contributed by atoms with Gasteiger partial charge in [0, 0.05) is 13.2 Å². The van der Waals surface area contributed by atoms with Crippen LogP contribution in [0.4, 0.5) is 0 Å². The lowest BCUT2D eigenvalue weighted by Crippen LogP contribution is -2.50. The highest BCUT2D eigenvalue weighted by atomic mass is 16.3. The van der Waals surface area contributed by atoms with Crippen LogP contribution in [0.15, 0.2) is 0 Å². The van der Waals surface area contributed by atoms with Gasteiger partial charge in [0.15, 0.2) is 0 Å². The van der Waals surface area contributed by atoms with E-state index in [4.69, 9.17) is 5.11 Å². The van der Waals surface area contributed by atoms with Gasteiger partial charge in [-0.3, -0.25) is 9.69 Å². The minimum absolute atomic E-state index is 0.0650. The molecule has 1 aliphatic heterocycles. The Hall–Kier alpha value is -0.610. The predicted molar refractivity (Wildman–Crippen MR) is 78.0 cm³/mol. The fourth-order valence-electron chi connectivity index (χ4n) is 2.97. The van der Waals surface area contributed by atoms with Crippen LogP contribution in [0.5, 0.6) is 0 Å². The van der Waals surface area contributed by atoms with E-state index in [1.54, 1.807) is 0 Å². The van der Waals surface area contributed by atoms with E-state index >= 15 is 0 Å². The van der Waals surface area contributed by atoms with Crippen molar-refractivity contribution in [3.63, 3.8) is 0 Å². The molecule has 0 aromatic carbocycles. The van der Waals surface area contributed by atoms with Crippen LogP contribution in [0.3, 0.4) is 0 Å². The molecule has 1 saturated heterocycles. The summed E-state index contributed by atoms with van der Waals surface area (Å²) < 4.78 is 0. The Kier molecular flexibility index (Phi) is 8.07. The standard InChI is InChI=1S/C15H30N2O2/c1-3-7-13(9-11-18)12-16-15(19)14-8-5-6-10-17(14)4-2/h13-14,18H,3-12H2,1-2H3,(H,16,19). The van der Waals surface area contributed by atoms with Crippen molar-refractivity contribution in [2.24, 2.45) is 5.92 Å². The molecule has 0 radical (unpaired) electrons. The maximum absolute atomic E-state index is 12.3. The summed E-state index contributed by atoms with van der Waals surface area (Å²) in [4.78, 5) is 14.5. The van der Waals surface area contributed by atoms with E-state index in [-0.39, 0.29) is 18.6 Å². The highest BCUT2D eigenvalue weighted by Gasteiger charge is 2.27. The molecule has 0 spiro atoms. The first-order valence-electron chi connectivity index (χ1n) is 7.85. The molecule has 0 aromatic heterocycles. The summed E-state index contributed by atoms with van der Waals surface area (Å²) in [7, 11) is 0. The van der Waals surface area contributed by atoms with Gasteiger partial charge in [0.2, 0.25) is 5.91 Å². The quantitative estimate of drug-likeness (QED) is 0.707. The van der Waals surface area contributed by atoms with Gasteiger partial charge in [-0.25, -0.2) is 0 Å². The van der Waals surface area contributed by atoms with Gasteiger partial charge >= 0.3 is 0 Å². The molecule has 1 amide bonds. The van der Waals surface area contributed by atoms with Gasteiger partial charge in [-0.2, -0.15) is 0 Å². The number of nitrogens with one attached hydrogen (secondary N) is 1. The monoisotopic (exact) mass is 270 g/mol. The van der Waals surface area contributed by atoms with Crippen LogP contribution in [0.1, 0.15) is 52.4 Å². The molecular weight excluding hydrogens is 240 g/mol. The molecule has 2 unspecified atom stereocenters. The van der Waals surface area contributed by atoms with Gasteiger partial charge in [0.25, 0.3) is 0 Å². The van der Waals surface area contributed by atoms with Crippen molar-refractivity contribution in [3.8, 4) is 0 Å². The van der Waals surface area contributed by atoms with Gasteiger partial charge in [-0.05, 0) is 44.7 Å². The van der Waals surface area contributed by atoms with E-state index in [1.807, 2.05) is 0 Å². The Balaban J connectivity index is 2.39. The van der Waals surface area contributed by atoms with Crippen molar-refractivity contribution in [1.29, 1.82) is 0 Å². The molecule has 0 bridgehead atoms. The molecule has 4 nitrogen and oxygen atoms in total. The van der Waals surface area contributed by atoms with Crippen molar-refractivity contribution in [2.45, 2.75) is 58.4 Å². The molecule has 2 N–H and O–H groups in total. The third-order valence-electron chi connectivity index (χ3n) is 4.12. The smallest absolute Gasteiger partial charge is 0.237 e. The molecule has 4 heteroatoms. The van der Waals surface area contributed by atoms with E-state index < -0.39 is 0 Å². The molecule has 0 aliphatic carbocycles. The minimum Gasteiger partial charge on any atom is -0.396 e. The molecule has 19 heavy (non-hydrogen) atoms. The average Bonchev–Trinajstić information content (AvgIpc) is 2.44. The number of hydrogen-bond donors (Lipinski definition) is 2. The van der Waals surface area contributed by atoms with E-state index in [0.717, 1.165) is 45.2 Å². The van der Waals surface area contributed by atoms with Crippen LogP contribution in [0, 0.1) is 5.92 Å². The van der Waals surface area contributed by atoms with E-state index in [2.05, 4.69) is 24.1 Å². The van der Waals surface area contributed by atoms with Gasteiger partial charge < -0.3 is 10.4 Å². The number of aliphatic hydroxyl groups is 1. The van der Waals surface area contributed by atoms with Crippen LogP contribution in [0.25, 0.3) is 0 Å². The van der Waals surface area contributed by atoms with Gasteiger partial charge in [0.05, 0.1) is 6.04 Å². The molecule has 2 atom stereocenters. The topological polar surface area (TPSA) is 52.6 Å². The lowest BCUT2D eigenvalue weighted by molar-refractivity contribution is -0.127. The maximum atomic E-state index is 12.3. The summed E-state index contributed by atoms with van der Waals surface area (Å²) in [5.74, 6) is 0.596. The molecule has 1 rings (SSSR count). The third kappa shape index (κ3) is 5.49. The minimum atomic E-state index is 0.0650. The zero-order chi connectivity index (χ0) is 14.1. The van der Waals surface area contributed by atoms with Crippen molar-refractivity contribution in [3.05, 3.63) is 0 Å². The van der Waals surface area contributed by atoms with Crippen molar-refractivity contribution >= 4 is 5.91 Å². The predicted octanol–water partition coefficient (Wildman–Crippen LogP) is 1.78. The molecule has 1 fully saturated rings. The van der Waals surface area contributed by atoms with Crippen molar-refractivity contribution in [1.82, 2.24) is 10.2 Å². The van der Waals surface area contributed by atoms with Crippen molar-refractivity contribution in [2.75, 3.05) is 26.2 Å². The second-order valence-corrected chi connectivity index (χ2v) is 5.55. The molecule has 112 valence electrons.